The lowest BCUT2D eigenvalue weighted by Gasteiger charge is -2.01. The van der Waals surface area contributed by atoms with E-state index in [0.29, 0.717) is 0 Å². The Labute approximate surface area is 110 Å². The lowest BCUT2D eigenvalue weighted by molar-refractivity contribution is 1.14. The van der Waals surface area contributed by atoms with Crippen molar-refractivity contribution in [1.29, 1.82) is 0 Å². The molecule has 0 aliphatic heterocycles. The highest BCUT2D eigenvalue weighted by molar-refractivity contribution is 7.22. The third-order valence-electron chi connectivity index (χ3n) is 2.83. The highest BCUT2D eigenvalue weighted by Gasteiger charge is 2.03. The number of thiazole rings is 1. The molecule has 0 atom stereocenters. The molecule has 0 aliphatic carbocycles. The maximum atomic E-state index is 4.58. The summed E-state index contributed by atoms with van der Waals surface area (Å²) < 4.78 is 1.24. The second-order valence-corrected chi connectivity index (χ2v) is 5.36. The molecule has 1 N–H and O–H groups in total. The molecule has 0 fully saturated rings. The molecule has 0 saturated carbocycles. The van der Waals surface area contributed by atoms with Crippen LogP contribution in [0, 0.1) is 6.92 Å². The van der Waals surface area contributed by atoms with Crippen molar-refractivity contribution in [3.63, 3.8) is 0 Å². The van der Waals surface area contributed by atoms with Crippen molar-refractivity contribution in [2.75, 3.05) is 5.32 Å². The summed E-state index contributed by atoms with van der Waals surface area (Å²) >= 11 is 1.71. The van der Waals surface area contributed by atoms with Gasteiger partial charge in [0.25, 0.3) is 0 Å². The van der Waals surface area contributed by atoms with Gasteiger partial charge in [0.1, 0.15) is 0 Å². The van der Waals surface area contributed by atoms with Gasteiger partial charge in [-0.3, -0.25) is 0 Å². The number of aryl methyl sites for hydroxylation is 1. The van der Waals surface area contributed by atoms with Gasteiger partial charge in [0.15, 0.2) is 5.13 Å². The Bertz CT molecular complexity index is 659. The predicted octanol–water partition coefficient (Wildman–Crippen LogP) is 4.22. The number of benzene rings is 2. The van der Waals surface area contributed by atoms with E-state index in [9.17, 15) is 0 Å². The quantitative estimate of drug-likeness (QED) is 0.757. The van der Waals surface area contributed by atoms with Crippen LogP contribution < -0.4 is 5.32 Å². The Morgan fingerprint density at radius 3 is 2.78 bits per heavy atom. The molecule has 3 aromatic rings. The number of hydrogen-bond acceptors (Lipinski definition) is 3. The summed E-state index contributed by atoms with van der Waals surface area (Å²) in [5.74, 6) is 0. The lowest BCUT2D eigenvalue weighted by atomic mass is 10.2. The summed E-state index contributed by atoms with van der Waals surface area (Å²) in [6.45, 7) is 2.93. The summed E-state index contributed by atoms with van der Waals surface area (Å²) in [6, 6.07) is 16.7. The molecule has 0 radical (unpaired) electrons. The van der Waals surface area contributed by atoms with Crippen molar-refractivity contribution in [3.8, 4) is 0 Å². The van der Waals surface area contributed by atoms with E-state index < -0.39 is 0 Å². The van der Waals surface area contributed by atoms with Gasteiger partial charge in [-0.05, 0) is 30.2 Å². The third-order valence-corrected chi connectivity index (χ3v) is 3.81. The van der Waals surface area contributed by atoms with Gasteiger partial charge in [-0.1, -0.05) is 47.7 Å². The van der Waals surface area contributed by atoms with Crippen molar-refractivity contribution in [3.05, 3.63) is 59.7 Å². The average molecular weight is 254 g/mol. The number of nitrogens with zero attached hydrogens (tertiary/aromatic N) is 1. The number of fused-ring (bicyclic) bond motifs is 1. The molecular weight excluding hydrogens is 240 g/mol. The number of rotatable bonds is 3. The van der Waals surface area contributed by atoms with E-state index in [2.05, 4.69) is 59.7 Å². The van der Waals surface area contributed by atoms with Crippen LogP contribution in [-0.2, 0) is 6.54 Å². The van der Waals surface area contributed by atoms with Crippen molar-refractivity contribution >= 4 is 26.7 Å². The number of hydrogen-bond donors (Lipinski definition) is 1. The van der Waals surface area contributed by atoms with E-state index in [1.54, 1.807) is 11.3 Å². The first-order valence-corrected chi connectivity index (χ1v) is 6.78. The second kappa shape index (κ2) is 4.78. The monoisotopic (exact) mass is 254 g/mol. The Balaban J connectivity index is 1.79. The zero-order valence-corrected chi connectivity index (χ0v) is 11.0. The molecule has 0 unspecified atom stereocenters. The standard InChI is InChI=1S/C15H14N2S/c1-11-7-8-13-14(9-11)18-15(17-13)16-10-12-5-3-2-4-6-12/h2-9H,10H2,1H3,(H,16,17). The van der Waals surface area contributed by atoms with Gasteiger partial charge in [-0.15, -0.1) is 0 Å². The van der Waals surface area contributed by atoms with Gasteiger partial charge in [-0.25, -0.2) is 4.98 Å². The van der Waals surface area contributed by atoms with Crippen molar-refractivity contribution in [2.45, 2.75) is 13.5 Å². The first-order chi connectivity index (χ1) is 8.81. The molecular formula is C15H14N2S. The Morgan fingerprint density at radius 1 is 1.11 bits per heavy atom. The van der Waals surface area contributed by atoms with Crippen LogP contribution in [0.2, 0.25) is 0 Å². The number of anilines is 1. The topological polar surface area (TPSA) is 24.9 Å². The van der Waals surface area contributed by atoms with E-state index in [1.807, 2.05) is 6.07 Å². The molecule has 0 saturated heterocycles. The third kappa shape index (κ3) is 2.36. The van der Waals surface area contributed by atoms with Gasteiger partial charge in [-0.2, -0.15) is 0 Å². The molecule has 1 aromatic heterocycles. The van der Waals surface area contributed by atoms with Gasteiger partial charge >= 0.3 is 0 Å². The van der Waals surface area contributed by atoms with Crippen molar-refractivity contribution < 1.29 is 0 Å². The van der Waals surface area contributed by atoms with E-state index in [0.717, 1.165) is 17.2 Å². The summed E-state index contributed by atoms with van der Waals surface area (Å²) in [4.78, 5) is 4.58. The summed E-state index contributed by atoms with van der Waals surface area (Å²) in [7, 11) is 0. The Kier molecular flexibility index (Phi) is 2.99. The number of aromatic nitrogens is 1. The zero-order chi connectivity index (χ0) is 12.4. The molecule has 3 heteroatoms. The summed E-state index contributed by atoms with van der Waals surface area (Å²) in [5.41, 5.74) is 3.62. The van der Waals surface area contributed by atoms with E-state index in [1.165, 1.54) is 15.8 Å². The fourth-order valence-electron chi connectivity index (χ4n) is 1.88. The molecule has 3 rings (SSSR count). The molecule has 0 aliphatic rings. The van der Waals surface area contributed by atoms with Gasteiger partial charge in [0.05, 0.1) is 10.2 Å². The zero-order valence-electron chi connectivity index (χ0n) is 10.2. The number of nitrogens with one attached hydrogen (secondary N) is 1. The normalized spacial score (nSPS) is 10.7. The fourth-order valence-corrected chi connectivity index (χ4v) is 2.84. The van der Waals surface area contributed by atoms with Crippen LogP contribution in [0.1, 0.15) is 11.1 Å². The highest BCUT2D eigenvalue weighted by atomic mass is 32.1. The van der Waals surface area contributed by atoms with E-state index in [4.69, 9.17) is 0 Å². The van der Waals surface area contributed by atoms with Crippen LogP contribution in [-0.4, -0.2) is 4.98 Å². The van der Waals surface area contributed by atoms with E-state index >= 15 is 0 Å². The molecule has 1 heterocycles. The highest BCUT2D eigenvalue weighted by Crippen LogP contribution is 2.26. The lowest BCUT2D eigenvalue weighted by Crippen LogP contribution is -1.97. The molecule has 2 nitrogen and oxygen atoms in total. The van der Waals surface area contributed by atoms with Gasteiger partial charge < -0.3 is 5.32 Å². The minimum atomic E-state index is 0.819. The molecule has 2 aromatic carbocycles. The molecule has 90 valence electrons. The average Bonchev–Trinajstić information content (AvgIpc) is 2.79. The van der Waals surface area contributed by atoms with Crippen molar-refractivity contribution in [1.82, 2.24) is 4.98 Å². The van der Waals surface area contributed by atoms with Gasteiger partial charge in [0.2, 0.25) is 0 Å². The van der Waals surface area contributed by atoms with Crippen LogP contribution in [0.4, 0.5) is 5.13 Å². The van der Waals surface area contributed by atoms with Crippen molar-refractivity contribution in [2.24, 2.45) is 0 Å². The molecule has 0 amide bonds. The van der Waals surface area contributed by atoms with Crippen LogP contribution >= 0.6 is 11.3 Å². The summed E-state index contributed by atoms with van der Waals surface area (Å²) in [6.07, 6.45) is 0. The van der Waals surface area contributed by atoms with Crippen LogP contribution in [0.25, 0.3) is 10.2 Å². The maximum absolute atomic E-state index is 4.58. The van der Waals surface area contributed by atoms with Crippen LogP contribution in [0.3, 0.4) is 0 Å². The molecule has 0 bridgehead atoms. The first-order valence-electron chi connectivity index (χ1n) is 5.96. The maximum Gasteiger partial charge on any atom is 0.184 e. The Hall–Kier alpha value is -1.87. The van der Waals surface area contributed by atoms with Gasteiger partial charge in [0, 0.05) is 6.54 Å². The van der Waals surface area contributed by atoms with Crippen LogP contribution in [0.5, 0.6) is 0 Å². The summed E-state index contributed by atoms with van der Waals surface area (Å²) in [5, 5.41) is 4.36. The SMILES string of the molecule is Cc1ccc2nc(NCc3ccccc3)sc2c1. The smallest absolute Gasteiger partial charge is 0.184 e. The first kappa shape index (κ1) is 11.2. The van der Waals surface area contributed by atoms with Crippen LogP contribution in [0.15, 0.2) is 48.5 Å². The minimum absolute atomic E-state index is 0.819. The largest absolute Gasteiger partial charge is 0.357 e. The van der Waals surface area contributed by atoms with E-state index in [-0.39, 0.29) is 0 Å². The minimum Gasteiger partial charge on any atom is -0.357 e. The molecule has 18 heavy (non-hydrogen) atoms. The second-order valence-electron chi connectivity index (χ2n) is 4.33. The Morgan fingerprint density at radius 2 is 1.94 bits per heavy atom. The fraction of sp³-hybridized carbons (Fsp3) is 0.133. The molecule has 0 spiro atoms. The predicted molar refractivity (Wildman–Crippen MR) is 78.1 cm³/mol.